The Labute approximate surface area is 143 Å². The van der Waals surface area contributed by atoms with Crippen LogP contribution >= 0.6 is 15.9 Å². The van der Waals surface area contributed by atoms with Crippen molar-refractivity contribution in [3.05, 3.63) is 74.5 Å². The summed E-state index contributed by atoms with van der Waals surface area (Å²) in [6.45, 7) is 6.80. The van der Waals surface area contributed by atoms with Crippen LogP contribution in [0.15, 0.2) is 40.9 Å². The number of benzene rings is 2. The van der Waals surface area contributed by atoms with Gasteiger partial charge in [0.05, 0.1) is 6.57 Å². The number of carbonyl (C=O) groups is 2. The van der Waals surface area contributed by atoms with E-state index in [1.54, 1.807) is 12.1 Å². The Bertz CT molecular complexity index is 849. The minimum Gasteiger partial charge on any atom is -0.294 e. The zero-order valence-corrected chi connectivity index (χ0v) is 14.0. The first-order valence-electron chi connectivity index (χ1n) is 7.43. The van der Waals surface area contributed by atoms with Gasteiger partial charge in [-0.1, -0.05) is 40.2 Å². The molecular weight excluding hydrogens is 354 g/mol. The van der Waals surface area contributed by atoms with E-state index < -0.39 is 0 Å². The second-order valence-corrected chi connectivity index (χ2v) is 6.52. The topological polar surface area (TPSA) is 38.5 Å². The van der Waals surface area contributed by atoms with Crippen LogP contribution in [0.4, 0.5) is 5.69 Å². The van der Waals surface area contributed by atoms with E-state index in [1.807, 2.05) is 24.3 Å². The van der Waals surface area contributed by atoms with Gasteiger partial charge in [0.25, 0.3) is 0 Å². The number of halogens is 1. The summed E-state index contributed by atoms with van der Waals surface area (Å²) in [5.41, 5.74) is 4.57. The number of hydrogen-bond donors (Lipinski definition) is 0. The van der Waals surface area contributed by atoms with E-state index in [2.05, 4.69) is 20.8 Å². The van der Waals surface area contributed by atoms with Crippen molar-refractivity contribution >= 4 is 33.2 Å². The Hall–Kier alpha value is -2.25. The quantitative estimate of drug-likeness (QED) is 0.618. The lowest BCUT2D eigenvalue weighted by molar-refractivity contribution is 0.0986. The molecule has 0 saturated heterocycles. The number of rotatable bonds is 0. The van der Waals surface area contributed by atoms with Crippen LogP contribution in [0, 0.1) is 6.57 Å². The summed E-state index contributed by atoms with van der Waals surface area (Å²) in [6.07, 6.45) is 3.01. The largest absolute Gasteiger partial charge is 0.294 e. The Morgan fingerprint density at radius 3 is 2.00 bits per heavy atom. The number of aryl methyl sites for hydroxylation is 2. The lowest BCUT2D eigenvalue weighted by atomic mass is 10.1. The molecule has 0 aliphatic heterocycles. The van der Waals surface area contributed by atoms with Crippen LogP contribution in [-0.2, 0) is 12.8 Å². The predicted molar refractivity (Wildman–Crippen MR) is 92.1 cm³/mol. The van der Waals surface area contributed by atoms with Crippen molar-refractivity contribution in [3.8, 4) is 0 Å². The molecule has 0 saturated carbocycles. The van der Waals surface area contributed by atoms with E-state index in [0.717, 1.165) is 34.0 Å². The number of ketones is 2. The predicted octanol–water partition coefficient (Wildman–Crippen LogP) is 4.94. The van der Waals surface area contributed by atoms with Crippen LogP contribution in [0.3, 0.4) is 0 Å². The van der Waals surface area contributed by atoms with E-state index in [1.165, 1.54) is 5.56 Å². The zero-order valence-electron chi connectivity index (χ0n) is 12.4. The summed E-state index contributed by atoms with van der Waals surface area (Å²) < 4.78 is 1.06. The first kappa shape index (κ1) is 15.6. The van der Waals surface area contributed by atoms with Gasteiger partial charge in [-0.25, -0.2) is 4.85 Å². The van der Waals surface area contributed by atoms with Crippen LogP contribution < -0.4 is 0 Å². The van der Waals surface area contributed by atoms with Gasteiger partial charge in [0, 0.05) is 28.4 Å². The molecule has 114 valence electrons. The van der Waals surface area contributed by atoms with Crippen molar-refractivity contribution in [3.63, 3.8) is 0 Å². The molecule has 3 nitrogen and oxygen atoms in total. The Morgan fingerprint density at radius 1 is 0.826 bits per heavy atom. The fraction of sp³-hybridized carbons (Fsp3) is 0.211. The molecule has 0 atom stereocenters. The average Bonchev–Trinajstić information content (AvgIpc) is 3.11. The third-order valence-corrected chi connectivity index (χ3v) is 4.62. The molecule has 2 aromatic carbocycles. The second kappa shape index (κ2) is 6.47. The lowest BCUT2D eigenvalue weighted by Crippen LogP contribution is -1.89. The first-order chi connectivity index (χ1) is 11.1. The molecule has 23 heavy (non-hydrogen) atoms. The Kier molecular flexibility index (Phi) is 4.40. The highest BCUT2D eigenvalue weighted by Gasteiger charge is 2.19. The minimum atomic E-state index is 0.210. The molecule has 0 unspecified atom stereocenters. The van der Waals surface area contributed by atoms with E-state index >= 15 is 0 Å². The standard InChI is InChI=1S/C10H7NO.C9H7BrO/c1-11-8-3-4-9-7(6-8)2-5-10(9)12;10-7-2-3-8-6(5-7)1-4-9(8)11/h3-4,6H,2,5H2;2-3,5H,1,4H2. The summed E-state index contributed by atoms with van der Waals surface area (Å²) in [5, 5.41) is 0. The maximum Gasteiger partial charge on any atom is 0.187 e. The Balaban J connectivity index is 0.000000136. The lowest BCUT2D eigenvalue weighted by Gasteiger charge is -1.96. The number of carbonyl (C=O) groups excluding carboxylic acids is 2. The molecular formula is C19H14BrNO2. The average molecular weight is 368 g/mol. The molecule has 4 rings (SSSR count). The molecule has 2 aliphatic rings. The summed E-state index contributed by atoms with van der Waals surface area (Å²) in [7, 11) is 0. The third kappa shape index (κ3) is 3.25. The van der Waals surface area contributed by atoms with Gasteiger partial charge in [-0.3, -0.25) is 9.59 Å². The van der Waals surface area contributed by atoms with E-state index in [0.29, 0.717) is 18.5 Å². The van der Waals surface area contributed by atoms with E-state index in [-0.39, 0.29) is 11.6 Å². The monoisotopic (exact) mass is 367 g/mol. The van der Waals surface area contributed by atoms with Gasteiger partial charge >= 0.3 is 0 Å². The van der Waals surface area contributed by atoms with E-state index in [4.69, 9.17) is 6.57 Å². The van der Waals surface area contributed by atoms with Crippen molar-refractivity contribution in [1.29, 1.82) is 0 Å². The number of hydrogen-bond acceptors (Lipinski definition) is 2. The van der Waals surface area contributed by atoms with Crippen molar-refractivity contribution < 1.29 is 9.59 Å². The molecule has 0 aromatic heterocycles. The molecule has 0 N–H and O–H groups in total. The smallest absolute Gasteiger partial charge is 0.187 e. The highest BCUT2D eigenvalue weighted by Crippen LogP contribution is 2.26. The van der Waals surface area contributed by atoms with Crippen LogP contribution in [0.1, 0.15) is 44.7 Å². The number of fused-ring (bicyclic) bond motifs is 2. The van der Waals surface area contributed by atoms with Gasteiger partial charge in [0.1, 0.15) is 0 Å². The van der Waals surface area contributed by atoms with Crippen LogP contribution in [-0.4, -0.2) is 11.6 Å². The molecule has 0 bridgehead atoms. The SMILES string of the molecule is O=C1CCc2cc(Br)ccc21.[C-]#[N+]c1ccc2c(c1)CCC2=O. The molecule has 0 radical (unpaired) electrons. The molecule has 4 heteroatoms. The van der Waals surface area contributed by atoms with Gasteiger partial charge in [-0.2, -0.15) is 0 Å². The van der Waals surface area contributed by atoms with Gasteiger partial charge < -0.3 is 0 Å². The molecule has 2 aromatic rings. The van der Waals surface area contributed by atoms with Gasteiger partial charge in [-0.05, 0) is 36.1 Å². The van der Waals surface area contributed by atoms with Crippen LogP contribution in [0.2, 0.25) is 0 Å². The minimum absolute atomic E-state index is 0.210. The zero-order chi connectivity index (χ0) is 16.4. The van der Waals surface area contributed by atoms with Gasteiger partial charge in [0.2, 0.25) is 0 Å². The van der Waals surface area contributed by atoms with Gasteiger partial charge in [-0.15, -0.1) is 0 Å². The van der Waals surface area contributed by atoms with E-state index in [9.17, 15) is 9.59 Å². The van der Waals surface area contributed by atoms with Crippen LogP contribution in [0.25, 0.3) is 4.85 Å². The van der Waals surface area contributed by atoms with Crippen molar-refractivity contribution in [2.75, 3.05) is 0 Å². The number of nitrogens with zero attached hydrogens (tertiary/aromatic N) is 1. The Morgan fingerprint density at radius 2 is 1.39 bits per heavy atom. The fourth-order valence-electron chi connectivity index (χ4n) is 2.94. The normalized spacial score (nSPS) is 14.6. The summed E-state index contributed by atoms with van der Waals surface area (Å²) in [5.74, 6) is 0.494. The maximum atomic E-state index is 11.2. The van der Waals surface area contributed by atoms with Crippen LogP contribution in [0.5, 0.6) is 0 Å². The van der Waals surface area contributed by atoms with Crippen molar-refractivity contribution in [2.24, 2.45) is 0 Å². The first-order valence-corrected chi connectivity index (χ1v) is 8.23. The molecule has 2 aliphatic carbocycles. The molecule has 0 heterocycles. The van der Waals surface area contributed by atoms with Crippen molar-refractivity contribution in [1.82, 2.24) is 0 Å². The summed E-state index contributed by atoms with van der Waals surface area (Å²) >= 11 is 3.37. The third-order valence-electron chi connectivity index (χ3n) is 4.13. The second-order valence-electron chi connectivity index (χ2n) is 5.60. The van der Waals surface area contributed by atoms with Crippen molar-refractivity contribution in [2.45, 2.75) is 25.7 Å². The maximum absolute atomic E-state index is 11.2. The highest BCUT2D eigenvalue weighted by molar-refractivity contribution is 9.10. The molecule has 0 spiro atoms. The fourth-order valence-corrected chi connectivity index (χ4v) is 3.34. The highest BCUT2D eigenvalue weighted by atomic mass is 79.9. The summed E-state index contributed by atoms with van der Waals surface area (Å²) in [4.78, 5) is 25.7. The molecule has 0 fully saturated rings. The number of Topliss-reactive ketones (excluding diaryl/α,β-unsaturated/α-hetero) is 2. The molecule has 0 amide bonds. The summed E-state index contributed by atoms with van der Waals surface area (Å²) in [6, 6.07) is 11.1. The van der Waals surface area contributed by atoms with Gasteiger partial charge in [0.15, 0.2) is 17.3 Å².